The summed E-state index contributed by atoms with van der Waals surface area (Å²) in [5.74, 6) is -0.663. The molecule has 1 heterocycles. The van der Waals surface area contributed by atoms with E-state index >= 15 is 0 Å². The molecule has 0 atom stereocenters. The second kappa shape index (κ2) is 7.94. The molecule has 0 radical (unpaired) electrons. The number of carbonyl (C=O) groups is 1. The van der Waals surface area contributed by atoms with Crippen LogP contribution in [0.25, 0.3) is 0 Å². The molecule has 0 aromatic heterocycles. The fourth-order valence-electron chi connectivity index (χ4n) is 2.51. The summed E-state index contributed by atoms with van der Waals surface area (Å²) in [6, 6.07) is 16.1. The summed E-state index contributed by atoms with van der Waals surface area (Å²) in [4.78, 5) is 12.5. The largest absolute Gasteiger partial charge is 0.457 e. The highest BCUT2D eigenvalue weighted by molar-refractivity contribution is 7.88. The Labute approximate surface area is 162 Å². The van der Waals surface area contributed by atoms with E-state index in [0.717, 1.165) is 9.87 Å². The summed E-state index contributed by atoms with van der Waals surface area (Å²) >= 11 is 6.06. The van der Waals surface area contributed by atoms with Crippen molar-refractivity contribution in [2.45, 2.75) is 20.1 Å². The molecule has 0 aliphatic carbocycles. The van der Waals surface area contributed by atoms with Crippen molar-refractivity contribution in [3.05, 3.63) is 82.5 Å². The molecule has 27 heavy (non-hydrogen) atoms. The van der Waals surface area contributed by atoms with Gasteiger partial charge < -0.3 is 4.74 Å². The maximum Gasteiger partial charge on any atom is 0.344 e. The van der Waals surface area contributed by atoms with Crippen molar-refractivity contribution >= 4 is 33.5 Å². The van der Waals surface area contributed by atoms with Gasteiger partial charge in [0.1, 0.15) is 6.61 Å². The molecule has 0 bridgehead atoms. The lowest BCUT2D eigenvalue weighted by Gasteiger charge is -2.23. The molecule has 0 fully saturated rings. The Hall–Kier alpha value is -2.64. The van der Waals surface area contributed by atoms with Gasteiger partial charge in [-0.25, -0.2) is 4.79 Å². The molecule has 8 heteroatoms. The third-order valence-electron chi connectivity index (χ3n) is 3.93. The van der Waals surface area contributed by atoms with E-state index in [4.69, 9.17) is 16.3 Å². The first-order chi connectivity index (χ1) is 12.9. The molecule has 0 N–H and O–H groups in total. The summed E-state index contributed by atoms with van der Waals surface area (Å²) in [7, 11) is -3.90. The maximum absolute atomic E-state index is 12.5. The molecule has 3 rings (SSSR count). The van der Waals surface area contributed by atoms with E-state index in [0.29, 0.717) is 10.6 Å². The van der Waals surface area contributed by atoms with E-state index in [9.17, 15) is 13.2 Å². The first kappa shape index (κ1) is 19.1. The van der Waals surface area contributed by atoms with Crippen LogP contribution in [0.2, 0.25) is 5.02 Å². The van der Waals surface area contributed by atoms with Gasteiger partial charge in [0.25, 0.3) is 0 Å². The number of hydrogen-bond donors (Lipinski definition) is 0. The molecule has 0 spiro atoms. The van der Waals surface area contributed by atoms with Gasteiger partial charge >= 0.3 is 16.2 Å². The zero-order chi connectivity index (χ0) is 19.4. The van der Waals surface area contributed by atoms with E-state index < -0.39 is 16.2 Å². The quantitative estimate of drug-likeness (QED) is 0.715. The van der Waals surface area contributed by atoms with Crippen LogP contribution in [0, 0.1) is 0 Å². The topological polar surface area (TPSA) is 76.0 Å². The second-order valence-corrected chi connectivity index (χ2v) is 7.85. The number of esters is 1. The van der Waals surface area contributed by atoms with Crippen molar-refractivity contribution in [1.29, 1.82) is 0 Å². The standard InChI is InChI=1S/C19H17ClN2O4S/c1-14-17(19(23)26-13-16-9-5-6-10-18(16)20)12-22(27(24,25)21-14)11-15-7-3-2-4-8-15/h2-10,12H,11,13H2,1H3. The van der Waals surface area contributed by atoms with E-state index in [1.54, 1.807) is 36.4 Å². The molecule has 6 nitrogen and oxygen atoms in total. The molecule has 0 amide bonds. The van der Waals surface area contributed by atoms with Crippen molar-refractivity contribution in [3.8, 4) is 0 Å². The van der Waals surface area contributed by atoms with Crippen molar-refractivity contribution in [3.63, 3.8) is 0 Å². The van der Waals surface area contributed by atoms with E-state index in [1.165, 1.54) is 13.1 Å². The van der Waals surface area contributed by atoms with Crippen LogP contribution in [-0.4, -0.2) is 24.4 Å². The Bertz CT molecular complexity index is 1020. The highest BCUT2D eigenvalue weighted by atomic mass is 35.5. The fourth-order valence-corrected chi connectivity index (χ4v) is 3.80. The first-order valence-corrected chi connectivity index (χ1v) is 9.89. The normalized spacial score (nSPS) is 15.7. The third-order valence-corrected chi connectivity index (χ3v) is 5.63. The van der Waals surface area contributed by atoms with Crippen LogP contribution in [0.15, 0.2) is 70.8 Å². The molecule has 2 aromatic carbocycles. The van der Waals surface area contributed by atoms with Crippen molar-refractivity contribution in [2.24, 2.45) is 4.40 Å². The number of ether oxygens (including phenoxy) is 1. The SMILES string of the molecule is CC1=NS(=O)(=O)N(Cc2ccccc2)C=C1C(=O)OCc1ccccc1Cl. The van der Waals surface area contributed by atoms with Gasteiger partial charge in [-0.05, 0) is 18.6 Å². The van der Waals surface area contributed by atoms with Gasteiger partial charge in [-0.2, -0.15) is 8.42 Å². The lowest BCUT2D eigenvalue weighted by molar-refractivity contribution is -0.139. The molecule has 1 aliphatic heterocycles. The zero-order valence-corrected chi connectivity index (χ0v) is 16.1. The van der Waals surface area contributed by atoms with Crippen LogP contribution in [0.4, 0.5) is 0 Å². The van der Waals surface area contributed by atoms with Crippen LogP contribution < -0.4 is 0 Å². The van der Waals surface area contributed by atoms with Crippen molar-refractivity contribution in [1.82, 2.24) is 4.31 Å². The highest BCUT2D eigenvalue weighted by Gasteiger charge is 2.29. The van der Waals surface area contributed by atoms with Gasteiger partial charge in [0.05, 0.1) is 17.8 Å². The average Bonchev–Trinajstić information content (AvgIpc) is 2.63. The Morgan fingerprint density at radius 2 is 1.78 bits per heavy atom. The summed E-state index contributed by atoms with van der Waals surface area (Å²) in [5, 5.41) is 0.488. The van der Waals surface area contributed by atoms with Gasteiger partial charge in [-0.3, -0.25) is 4.31 Å². The van der Waals surface area contributed by atoms with Crippen molar-refractivity contribution < 1.29 is 17.9 Å². The summed E-state index contributed by atoms with van der Waals surface area (Å²) in [6.45, 7) is 1.51. The minimum Gasteiger partial charge on any atom is -0.457 e. The van der Waals surface area contributed by atoms with Gasteiger partial charge in [-0.15, -0.1) is 4.40 Å². The zero-order valence-electron chi connectivity index (χ0n) is 14.5. The molecular weight excluding hydrogens is 388 g/mol. The number of hydrogen-bond acceptors (Lipinski definition) is 4. The van der Waals surface area contributed by atoms with Crippen LogP contribution in [-0.2, 0) is 32.9 Å². The van der Waals surface area contributed by atoms with Gasteiger partial charge in [-0.1, -0.05) is 60.1 Å². The van der Waals surface area contributed by atoms with Crippen LogP contribution in [0.1, 0.15) is 18.1 Å². The molecule has 0 saturated heterocycles. The number of rotatable bonds is 5. The first-order valence-electron chi connectivity index (χ1n) is 8.12. The monoisotopic (exact) mass is 404 g/mol. The molecule has 0 saturated carbocycles. The Balaban J connectivity index is 1.79. The van der Waals surface area contributed by atoms with Crippen LogP contribution in [0.5, 0.6) is 0 Å². The predicted molar refractivity (Wildman–Crippen MR) is 103 cm³/mol. The van der Waals surface area contributed by atoms with E-state index in [-0.39, 0.29) is 24.4 Å². The summed E-state index contributed by atoms with van der Waals surface area (Å²) in [6.07, 6.45) is 1.26. The smallest absolute Gasteiger partial charge is 0.344 e. The summed E-state index contributed by atoms with van der Waals surface area (Å²) in [5.41, 5.74) is 1.61. The number of halogens is 1. The molecule has 2 aromatic rings. The third kappa shape index (κ3) is 4.56. The number of benzene rings is 2. The van der Waals surface area contributed by atoms with E-state index in [1.807, 2.05) is 18.2 Å². The lowest BCUT2D eigenvalue weighted by atomic mass is 10.2. The number of carbonyl (C=O) groups excluding carboxylic acids is 1. The van der Waals surface area contributed by atoms with E-state index in [2.05, 4.69) is 4.40 Å². The fraction of sp³-hybridized carbons (Fsp3) is 0.158. The van der Waals surface area contributed by atoms with Crippen LogP contribution >= 0.6 is 11.6 Å². The van der Waals surface area contributed by atoms with Gasteiger partial charge in [0.15, 0.2) is 0 Å². The van der Waals surface area contributed by atoms with Gasteiger partial charge in [0, 0.05) is 16.8 Å². The minimum absolute atomic E-state index is 0.0193. The van der Waals surface area contributed by atoms with Gasteiger partial charge in [0.2, 0.25) is 0 Å². The van der Waals surface area contributed by atoms with Crippen molar-refractivity contribution in [2.75, 3.05) is 0 Å². The molecular formula is C19H17ClN2O4S. The minimum atomic E-state index is -3.90. The highest BCUT2D eigenvalue weighted by Crippen LogP contribution is 2.21. The van der Waals surface area contributed by atoms with Crippen LogP contribution in [0.3, 0.4) is 0 Å². The Kier molecular flexibility index (Phi) is 5.62. The average molecular weight is 405 g/mol. The Morgan fingerprint density at radius 1 is 1.11 bits per heavy atom. The molecule has 140 valence electrons. The molecule has 1 aliphatic rings. The predicted octanol–water partition coefficient (Wildman–Crippen LogP) is 3.49. The second-order valence-electron chi connectivity index (χ2n) is 5.90. The molecule has 0 unspecified atom stereocenters. The number of nitrogens with zero attached hydrogens (tertiary/aromatic N) is 2. The lowest BCUT2D eigenvalue weighted by Crippen LogP contribution is -2.31. The summed E-state index contributed by atoms with van der Waals surface area (Å²) < 4.78 is 34.6. The Morgan fingerprint density at radius 3 is 2.48 bits per heavy atom. The maximum atomic E-state index is 12.5.